The summed E-state index contributed by atoms with van der Waals surface area (Å²) in [6.07, 6.45) is 3.57. The summed E-state index contributed by atoms with van der Waals surface area (Å²) in [5.41, 5.74) is 1.97. The molecule has 0 saturated heterocycles. The number of hydrogen-bond donors (Lipinski definition) is 1. The smallest absolute Gasteiger partial charge is 0.125 e. The minimum atomic E-state index is -0.444. The molecule has 1 aliphatic carbocycles. The van der Waals surface area contributed by atoms with Crippen molar-refractivity contribution in [2.45, 2.75) is 31.3 Å². The zero-order chi connectivity index (χ0) is 10.5. The average Bonchev–Trinajstić information content (AvgIpc) is 2.73. The predicted octanol–water partition coefficient (Wildman–Crippen LogP) is 2.45. The Labute approximate surface area is 97.4 Å². The first-order valence-corrected chi connectivity index (χ1v) is 6.12. The number of fused-ring (bicyclic) bond motifs is 1. The Kier molecular flexibility index (Phi) is 2.08. The molecule has 2 nitrogen and oxygen atoms in total. The van der Waals surface area contributed by atoms with Crippen molar-refractivity contribution in [3.63, 3.8) is 0 Å². The van der Waals surface area contributed by atoms with E-state index < -0.39 is 5.60 Å². The fourth-order valence-corrected chi connectivity index (χ4v) is 2.71. The maximum absolute atomic E-state index is 9.93. The SMILES string of the molecule is OC1(Cc2cc(Br)cc3c2OCC3)CC1. The number of aliphatic hydroxyl groups is 1. The predicted molar refractivity (Wildman–Crippen MR) is 61.2 cm³/mol. The molecule has 1 aromatic rings. The Morgan fingerprint density at radius 2 is 2.20 bits per heavy atom. The molecule has 1 aromatic carbocycles. The van der Waals surface area contributed by atoms with Gasteiger partial charge in [0.1, 0.15) is 5.75 Å². The Bertz CT molecular complexity index is 410. The highest BCUT2D eigenvalue weighted by molar-refractivity contribution is 9.10. The summed E-state index contributed by atoms with van der Waals surface area (Å²) in [7, 11) is 0. The van der Waals surface area contributed by atoms with E-state index in [1.54, 1.807) is 0 Å². The summed E-state index contributed by atoms with van der Waals surface area (Å²) in [6.45, 7) is 0.775. The van der Waals surface area contributed by atoms with Crippen LogP contribution < -0.4 is 4.74 Å². The van der Waals surface area contributed by atoms with E-state index in [1.165, 1.54) is 5.56 Å². The third-order valence-corrected chi connectivity index (χ3v) is 3.63. The van der Waals surface area contributed by atoms with Gasteiger partial charge in [0.25, 0.3) is 0 Å². The van der Waals surface area contributed by atoms with Gasteiger partial charge in [-0.3, -0.25) is 0 Å². The molecule has 80 valence electrons. The van der Waals surface area contributed by atoms with Gasteiger partial charge in [-0.25, -0.2) is 0 Å². The first-order valence-electron chi connectivity index (χ1n) is 5.33. The molecule has 0 unspecified atom stereocenters. The van der Waals surface area contributed by atoms with Gasteiger partial charge in [0.15, 0.2) is 0 Å². The van der Waals surface area contributed by atoms with Gasteiger partial charge >= 0.3 is 0 Å². The van der Waals surface area contributed by atoms with Crippen LogP contribution in [0.1, 0.15) is 24.0 Å². The lowest BCUT2D eigenvalue weighted by Gasteiger charge is -2.12. The van der Waals surface area contributed by atoms with Gasteiger partial charge in [0, 0.05) is 17.3 Å². The lowest BCUT2D eigenvalue weighted by Crippen LogP contribution is -2.11. The summed E-state index contributed by atoms with van der Waals surface area (Å²) in [4.78, 5) is 0. The van der Waals surface area contributed by atoms with Crippen LogP contribution in [0.15, 0.2) is 16.6 Å². The number of hydrogen-bond acceptors (Lipinski definition) is 2. The molecule has 0 bridgehead atoms. The zero-order valence-corrected chi connectivity index (χ0v) is 10.0. The third-order valence-electron chi connectivity index (χ3n) is 3.17. The van der Waals surface area contributed by atoms with Crippen LogP contribution in [0.2, 0.25) is 0 Å². The Morgan fingerprint density at radius 1 is 1.40 bits per heavy atom. The highest BCUT2D eigenvalue weighted by Crippen LogP contribution is 2.42. The van der Waals surface area contributed by atoms with E-state index in [0.29, 0.717) is 0 Å². The second kappa shape index (κ2) is 3.22. The van der Waals surface area contributed by atoms with Gasteiger partial charge in [0.05, 0.1) is 12.2 Å². The molecule has 0 amide bonds. The van der Waals surface area contributed by atoms with Crippen molar-refractivity contribution < 1.29 is 9.84 Å². The third kappa shape index (κ3) is 1.79. The molecule has 0 radical (unpaired) electrons. The van der Waals surface area contributed by atoms with Crippen molar-refractivity contribution in [2.75, 3.05) is 6.61 Å². The maximum Gasteiger partial charge on any atom is 0.125 e. The maximum atomic E-state index is 9.93. The fraction of sp³-hybridized carbons (Fsp3) is 0.500. The van der Waals surface area contributed by atoms with E-state index in [9.17, 15) is 5.11 Å². The van der Waals surface area contributed by atoms with Crippen LogP contribution in [0.3, 0.4) is 0 Å². The number of rotatable bonds is 2. The van der Waals surface area contributed by atoms with Crippen LogP contribution in [0.5, 0.6) is 5.75 Å². The molecule has 1 heterocycles. The largest absolute Gasteiger partial charge is 0.493 e. The van der Waals surface area contributed by atoms with Crippen LogP contribution in [-0.4, -0.2) is 17.3 Å². The van der Waals surface area contributed by atoms with Crippen LogP contribution in [-0.2, 0) is 12.8 Å². The molecule has 1 saturated carbocycles. The highest BCUT2D eigenvalue weighted by atomic mass is 79.9. The molecule has 0 aromatic heterocycles. The molecular formula is C12H13BrO2. The van der Waals surface area contributed by atoms with E-state index in [2.05, 4.69) is 28.1 Å². The van der Waals surface area contributed by atoms with Gasteiger partial charge in [-0.1, -0.05) is 15.9 Å². The van der Waals surface area contributed by atoms with E-state index in [4.69, 9.17) is 4.74 Å². The lowest BCUT2D eigenvalue weighted by molar-refractivity contribution is 0.150. The van der Waals surface area contributed by atoms with Gasteiger partial charge in [-0.15, -0.1) is 0 Å². The van der Waals surface area contributed by atoms with Gasteiger partial charge in [-0.2, -0.15) is 0 Å². The Balaban J connectivity index is 1.99. The summed E-state index contributed by atoms with van der Waals surface area (Å²) < 4.78 is 6.72. The van der Waals surface area contributed by atoms with Gasteiger partial charge < -0.3 is 9.84 Å². The highest BCUT2D eigenvalue weighted by Gasteiger charge is 2.41. The zero-order valence-electron chi connectivity index (χ0n) is 8.42. The van der Waals surface area contributed by atoms with Crippen LogP contribution >= 0.6 is 15.9 Å². The number of ether oxygens (including phenoxy) is 1. The van der Waals surface area contributed by atoms with Gasteiger partial charge in [0.2, 0.25) is 0 Å². The van der Waals surface area contributed by atoms with Crippen molar-refractivity contribution in [3.05, 3.63) is 27.7 Å². The minimum absolute atomic E-state index is 0.444. The van der Waals surface area contributed by atoms with Crippen molar-refractivity contribution in [3.8, 4) is 5.75 Å². The van der Waals surface area contributed by atoms with Crippen molar-refractivity contribution >= 4 is 15.9 Å². The van der Waals surface area contributed by atoms with Crippen molar-refractivity contribution in [1.82, 2.24) is 0 Å². The fourth-order valence-electron chi connectivity index (χ4n) is 2.15. The standard InChI is InChI=1S/C12H13BrO2/c13-10-5-8-1-4-15-11(8)9(6-10)7-12(14)2-3-12/h5-6,14H,1-4,7H2. The van der Waals surface area contributed by atoms with E-state index in [0.717, 1.165) is 48.1 Å². The second-order valence-corrected chi connectivity index (χ2v) is 5.47. The molecule has 1 fully saturated rings. The first-order chi connectivity index (χ1) is 7.16. The lowest BCUT2D eigenvalue weighted by atomic mass is 10.0. The normalized spacial score (nSPS) is 20.9. The number of halogens is 1. The van der Waals surface area contributed by atoms with Crippen molar-refractivity contribution in [1.29, 1.82) is 0 Å². The average molecular weight is 269 g/mol. The summed E-state index contributed by atoms with van der Waals surface area (Å²) >= 11 is 3.51. The van der Waals surface area contributed by atoms with Crippen molar-refractivity contribution in [2.24, 2.45) is 0 Å². The summed E-state index contributed by atoms with van der Waals surface area (Å²) in [6, 6.07) is 4.18. The molecule has 1 N–H and O–H groups in total. The molecule has 15 heavy (non-hydrogen) atoms. The van der Waals surface area contributed by atoms with E-state index in [1.807, 2.05) is 0 Å². The molecule has 0 spiro atoms. The molecule has 1 aliphatic heterocycles. The van der Waals surface area contributed by atoms with Crippen LogP contribution in [0.4, 0.5) is 0 Å². The monoisotopic (exact) mass is 268 g/mol. The number of benzene rings is 1. The van der Waals surface area contributed by atoms with E-state index >= 15 is 0 Å². The second-order valence-electron chi connectivity index (χ2n) is 4.55. The van der Waals surface area contributed by atoms with Crippen LogP contribution in [0.25, 0.3) is 0 Å². The molecule has 2 aliphatic rings. The minimum Gasteiger partial charge on any atom is -0.493 e. The quantitative estimate of drug-likeness (QED) is 0.893. The molecule has 3 heteroatoms. The summed E-state index contributed by atoms with van der Waals surface area (Å²) in [5.74, 6) is 1.01. The Hall–Kier alpha value is -0.540. The molecule has 0 atom stereocenters. The molecular weight excluding hydrogens is 256 g/mol. The summed E-state index contributed by atoms with van der Waals surface area (Å²) in [5, 5.41) is 9.93. The van der Waals surface area contributed by atoms with E-state index in [-0.39, 0.29) is 0 Å². The first kappa shape index (κ1) is 9.67. The molecule has 3 rings (SSSR count). The van der Waals surface area contributed by atoms with Crippen LogP contribution in [0, 0.1) is 0 Å². The Morgan fingerprint density at radius 3 is 2.93 bits per heavy atom. The topological polar surface area (TPSA) is 29.5 Å². The van der Waals surface area contributed by atoms with Gasteiger partial charge in [-0.05, 0) is 36.1 Å².